The van der Waals surface area contributed by atoms with Crippen LogP contribution in [0.3, 0.4) is 0 Å². The summed E-state index contributed by atoms with van der Waals surface area (Å²) in [5.74, 6) is -2.21. The van der Waals surface area contributed by atoms with E-state index in [0.29, 0.717) is 5.56 Å². The van der Waals surface area contributed by atoms with E-state index in [0.717, 1.165) is 10.6 Å². The summed E-state index contributed by atoms with van der Waals surface area (Å²) in [6.45, 7) is 0. The van der Waals surface area contributed by atoms with Crippen molar-refractivity contribution >= 4 is 0 Å². The van der Waals surface area contributed by atoms with E-state index in [4.69, 9.17) is 5.26 Å². The molecule has 0 amide bonds. The van der Waals surface area contributed by atoms with Gasteiger partial charge >= 0.3 is 5.69 Å². The predicted molar refractivity (Wildman–Crippen MR) is 74.3 cm³/mol. The first kappa shape index (κ1) is 13.7. The first-order chi connectivity index (χ1) is 10.6. The number of H-pyrrole nitrogens is 1. The summed E-state index contributed by atoms with van der Waals surface area (Å²) >= 11 is 0. The van der Waals surface area contributed by atoms with Crippen molar-refractivity contribution in [1.29, 1.82) is 5.26 Å². The number of hydrogen-bond donors (Lipinski definition) is 1. The molecular formula is C15H8F2N4O. The van der Waals surface area contributed by atoms with E-state index < -0.39 is 17.3 Å². The van der Waals surface area contributed by atoms with Gasteiger partial charge in [0.1, 0.15) is 0 Å². The summed E-state index contributed by atoms with van der Waals surface area (Å²) in [6.07, 6.45) is 0. The maximum atomic E-state index is 14.0. The fourth-order valence-electron chi connectivity index (χ4n) is 2.14. The average Bonchev–Trinajstić information content (AvgIpc) is 2.91. The van der Waals surface area contributed by atoms with Gasteiger partial charge in [-0.3, -0.25) is 0 Å². The highest BCUT2D eigenvalue weighted by Gasteiger charge is 2.19. The van der Waals surface area contributed by atoms with Crippen LogP contribution < -0.4 is 5.69 Å². The number of benzene rings is 2. The molecule has 2 aromatic carbocycles. The van der Waals surface area contributed by atoms with Crippen molar-refractivity contribution in [3.8, 4) is 23.1 Å². The standard InChI is InChI=1S/C15H8F2N4O/c16-11-6-3-7-12(13(11)17)21-14(19-20-15(21)22)10-5-2-1-4-9(10)8-18/h1-7H,(H,20,22). The molecule has 3 rings (SSSR count). The Hall–Kier alpha value is -3.27. The van der Waals surface area contributed by atoms with Gasteiger partial charge in [-0.25, -0.2) is 23.2 Å². The van der Waals surface area contributed by atoms with Crippen LogP contribution in [0.1, 0.15) is 5.56 Å². The van der Waals surface area contributed by atoms with Gasteiger partial charge in [0.05, 0.1) is 17.3 Å². The van der Waals surface area contributed by atoms with Crippen molar-refractivity contribution in [3.63, 3.8) is 0 Å². The average molecular weight is 298 g/mol. The van der Waals surface area contributed by atoms with E-state index in [1.165, 1.54) is 12.1 Å². The van der Waals surface area contributed by atoms with Gasteiger partial charge < -0.3 is 0 Å². The Morgan fingerprint density at radius 2 is 1.91 bits per heavy atom. The number of aromatic amines is 1. The third kappa shape index (κ3) is 2.07. The topological polar surface area (TPSA) is 74.5 Å². The highest BCUT2D eigenvalue weighted by molar-refractivity contribution is 5.66. The van der Waals surface area contributed by atoms with Crippen LogP contribution in [-0.2, 0) is 0 Å². The van der Waals surface area contributed by atoms with E-state index in [1.807, 2.05) is 6.07 Å². The van der Waals surface area contributed by atoms with Crippen molar-refractivity contribution < 1.29 is 8.78 Å². The molecule has 108 valence electrons. The van der Waals surface area contributed by atoms with Gasteiger partial charge in [-0.15, -0.1) is 0 Å². The van der Waals surface area contributed by atoms with E-state index in [1.54, 1.807) is 24.3 Å². The van der Waals surface area contributed by atoms with Crippen molar-refractivity contribution in [2.45, 2.75) is 0 Å². The summed E-state index contributed by atoms with van der Waals surface area (Å²) in [5, 5.41) is 15.2. The number of hydrogen-bond acceptors (Lipinski definition) is 3. The number of aromatic nitrogens is 3. The second-order valence-electron chi connectivity index (χ2n) is 4.42. The Morgan fingerprint density at radius 1 is 1.14 bits per heavy atom. The van der Waals surface area contributed by atoms with Gasteiger partial charge in [0.25, 0.3) is 0 Å². The third-order valence-electron chi connectivity index (χ3n) is 3.13. The van der Waals surface area contributed by atoms with E-state index in [-0.39, 0.29) is 17.1 Å². The number of nitrogens with zero attached hydrogens (tertiary/aromatic N) is 3. The maximum Gasteiger partial charge on any atom is 0.348 e. The SMILES string of the molecule is N#Cc1ccccc1-c1n[nH]c(=O)n1-c1cccc(F)c1F. The number of nitrogens with one attached hydrogen (secondary N) is 1. The second-order valence-corrected chi connectivity index (χ2v) is 4.42. The molecule has 0 spiro atoms. The quantitative estimate of drug-likeness (QED) is 0.789. The molecule has 0 fully saturated rings. The summed E-state index contributed by atoms with van der Waals surface area (Å²) in [7, 11) is 0. The molecular weight excluding hydrogens is 290 g/mol. The molecule has 0 radical (unpaired) electrons. The fourth-order valence-corrected chi connectivity index (χ4v) is 2.14. The van der Waals surface area contributed by atoms with Crippen LogP contribution in [0, 0.1) is 23.0 Å². The van der Waals surface area contributed by atoms with Crippen LogP contribution >= 0.6 is 0 Å². The first-order valence-corrected chi connectivity index (χ1v) is 6.25. The predicted octanol–water partition coefficient (Wildman–Crippen LogP) is 2.38. The summed E-state index contributed by atoms with van der Waals surface area (Å²) in [4.78, 5) is 11.9. The molecule has 0 aliphatic rings. The van der Waals surface area contributed by atoms with Gasteiger partial charge in [-0.1, -0.05) is 18.2 Å². The lowest BCUT2D eigenvalue weighted by Gasteiger charge is -2.08. The molecule has 0 aliphatic carbocycles. The zero-order valence-electron chi connectivity index (χ0n) is 11.0. The summed E-state index contributed by atoms with van der Waals surface area (Å²) < 4.78 is 28.3. The Bertz CT molecular complexity index is 953. The minimum atomic E-state index is -1.17. The molecule has 1 heterocycles. The Morgan fingerprint density at radius 3 is 2.68 bits per heavy atom. The van der Waals surface area contributed by atoms with Crippen molar-refractivity contribution in [1.82, 2.24) is 14.8 Å². The highest BCUT2D eigenvalue weighted by atomic mass is 19.2. The largest absolute Gasteiger partial charge is 0.348 e. The van der Waals surface area contributed by atoms with Gasteiger partial charge in [0.2, 0.25) is 0 Å². The molecule has 1 N–H and O–H groups in total. The Kier molecular flexibility index (Phi) is 3.27. The number of nitriles is 1. The molecule has 0 aliphatic heterocycles. The third-order valence-corrected chi connectivity index (χ3v) is 3.13. The van der Waals surface area contributed by atoms with Gasteiger partial charge in [-0.2, -0.15) is 10.4 Å². The normalized spacial score (nSPS) is 10.4. The van der Waals surface area contributed by atoms with Crippen LogP contribution in [0.25, 0.3) is 17.1 Å². The second kappa shape index (κ2) is 5.26. The zero-order chi connectivity index (χ0) is 15.7. The molecule has 0 bridgehead atoms. The molecule has 1 aromatic heterocycles. The molecule has 3 aromatic rings. The molecule has 7 heteroatoms. The lowest BCUT2D eigenvalue weighted by Crippen LogP contribution is -2.17. The van der Waals surface area contributed by atoms with Crippen LogP contribution in [0.4, 0.5) is 8.78 Å². The van der Waals surface area contributed by atoms with Gasteiger partial charge in [0.15, 0.2) is 17.5 Å². The summed E-state index contributed by atoms with van der Waals surface area (Å²) in [6, 6.07) is 11.9. The van der Waals surface area contributed by atoms with E-state index in [2.05, 4.69) is 10.2 Å². The summed E-state index contributed by atoms with van der Waals surface area (Å²) in [5.41, 5.74) is -0.402. The van der Waals surface area contributed by atoms with E-state index >= 15 is 0 Å². The minimum absolute atomic E-state index is 0.0339. The van der Waals surface area contributed by atoms with Crippen LogP contribution in [-0.4, -0.2) is 14.8 Å². The molecule has 0 saturated heterocycles. The van der Waals surface area contributed by atoms with Gasteiger partial charge in [-0.05, 0) is 24.3 Å². The Balaban J connectivity index is 2.32. The smallest absolute Gasteiger partial charge is 0.246 e. The van der Waals surface area contributed by atoms with E-state index in [9.17, 15) is 13.6 Å². The molecule has 0 saturated carbocycles. The molecule has 0 unspecified atom stereocenters. The van der Waals surface area contributed by atoms with Gasteiger partial charge in [0, 0.05) is 5.56 Å². The highest BCUT2D eigenvalue weighted by Crippen LogP contribution is 2.24. The molecule has 22 heavy (non-hydrogen) atoms. The maximum absolute atomic E-state index is 14.0. The van der Waals surface area contributed by atoms with Crippen LogP contribution in [0.5, 0.6) is 0 Å². The lowest BCUT2D eigenvalue weighted by atomic mass is 10.1. The fraction of sp³-hybridized carbons (Fsp3) is 0. The van der Waals surface area contributed by atoms with Crippen molar-refractivity contribution in [3.05, 3.63) is 70.1 Å². The Labute approximate surface area is 123 Å². The lowest BCUT2D eigenvalue weighted by molar-refractivity contribution is 0.504. The number of rotatable bonds is 2. The monoisotopic (exact) mass is 298 g/mol. The zero-order valence-corrected chi connectivity index (χ0v) is 11.0. The minimum Gasteiger partial charge on any atom is -0.246 e. The van der Waals surface area contributed by atoms with Crippen molar-refractivity contribution in [2.24, 2.45) is 0 Å². The molecule has 5 nitrogen and oxygen atoms in total. The van der Waals surface area contributed by atoms with Crippen LogP contribution in [0.2, 0.25) is 0 Å². The van der Waals surface area contributed by atoms with Crippen LogP contribution in [0.15, 0.2) is 47.3 Å². The molecule has 0 atom stereocenters. The first-order valence-electron chi connectivity index (χ1n) is 6.25. The number of halogens is 2. The van der Waals surface area contributed by atoms with Crippen molar-refractivity contribution in [2.75, 3.05) is 0 Å².